The largest absolute Gasteiger partial charge is 0.383 e. The highest BCUT2D eigenvalue weighted by atomic mass is 16.2. The second kappa shape index (κ2) is 7.78. The molecule has 3 N–H and O–H groups in total. The van der Waals surface area contributed by atoms with Crippen LogP contribution in [0.5, 0.6) is 0 Å². The molecule has 0 spiro atoms. The number of nitrogens with two attached hydrogens (primary N) is 1. The van der Waals surface area contributed by atoms with Crippen LogP contribution in [0.4, 0.5) is 11.5 Å². The van der Waals surface area contributed by atoms with Crippen molar-refractivity contribution in [2.45, 2.75) is 39.7 Å². The van der Waals surface area contributed by atoms with Gasteiger partial charge in [-0.2, -0.15) is 0 Å². The van der Waals surface area contributed by atoms with Crippen molar-refractivity contribution in [3.05, 3.63) is 53.2 Å². The lowest BCUT2D eigenvalue weighted by Gasteiger charge is -2.38. The zero-order valence-electron chi connectivity index (χ0n) is 16.0. The number of nitrogen functional groups attached to an aromatic ring is 1. The van der Waals surface area contributed by atoms with Crippen LogP contribution < -0.4 is 11.1 Å². The van der Waals surface area contributed by atoms with E-state index < -0.39 is 11.8 Å². The maximum Gasteiger partial charge on any atom is 0.313 e. The molecule has 2 aromatic rings. The van der Waals surface area contributed by atoms with Gasteiger partial charge in [-0.3, -0.25) is 9.59 Å². The molecular weight excluding hydrogens is 340 g/mol. The van der Waals surface area contributed by atoms with Crippen LogP contribution in [0.15, 0.2) is 36.5 Å². The summed E-state index contributed by atoms with van der Waals surface area (Å²) >= 11 is 0. The van der Waals surface area contributed by atoms with Crippen LogP contribution in [-0.4, -0.2) is 28.2 Å². The molecule has 1 aliphatic rings. The number of nitrogens with zero attached hydrogens (tertiary/aromatic N) is 2. The van der Waals surface area contributed by atoms with Gasteiger partial charge in [-0.25, -0.2) is 4.98 Å². The van der Waals surface area contributed by atoms with E-state index in [1.165, 1.54) is 6.20 Å². The first-order valence-corrected chi connectivity index (χ1v) is 9.27. The highest BCUT2D eigenvalue weighted by molar-refractivity contribution is 6.39. The minimum atomic E-state index is -0.640. The van der Waals surface area contributed by atoms with Gasteiger partial charge in [0.05, 0.1) is 17.9 Å². The fraction of sp³-hybridized carbons (Fsp3) is 0.381. The lowest BCUT2D eigenvalue weighted by atomic mass is 9.90. The average Bonchev–Trinajstić information content (AvgIpc) is 2.68. The fourth-order valence-corrected chi connectivity index (χ4v) is 3.55. The van der Waals surface area contributed by atoms with Gasteiger partial charge in [0, 0.05) is 6.54 Å². The third kappa shape index (κ3) is 3.94. The molecule has 0 saturated carbocycles. The van der Waals surface area contributed by atoms with E-state index >= 15 is 0 Å². The van der Waals surface area contributed by atoms with Gasteiger partial charge in [0.15, 0.2) is 0 Å². The summed E-state index contributed by atoms with van der Waals surface area (Å²) in [5.74, 6) is -0.363. The van der Waals surface area contributed by atoms with Crippen LogP contribution in [0.1, 0.15) is 42.5 Å². The SMILES string of the molecule is Cc1c(NC(=O)C(=O)N2CC(C)CCC2c2ccccc2)cnc(N)c1C. The van der Waals surface area contributed by atoms with Crippen LogP contribution in [0.25, 0.3) is 0 Å². The number of hydrogen-bond donors (Lipinski definition) is 2. The molecule has 1 aromatic carbocycles. The molecule has 0 radical (unpaired) electrons. The molecule has 2 amide bonds. The first kappa shape index (κ1) is 18.9. The molecule has 1 aromatic heterocycles. The Bertz CT molecular complexity index is 851. The Morgan fingerprint density at radius 3 is 2.56 bits per heavy atom. The monoisotopic (exact) mass is 366 g/mol. The number of aromatic nitrogens is 1. The molecule has 142 valence electrons. The van der Waals surface area contributed by atoms with Gasteiger partial charge in [0.1, 0.15) is 5.82 Å². The Balaban J connectivity index is 1.81. The van der Waals surface area contributed by atoms with Crippen LogP contribution >= 0.6 is 0 Å². The number of carbonyl (C=O) groups is 2. The Morgan fingerprint density at radius 2 is 1.85 bits per heavy atom. The number of carbonyl (C=O) groups excluding carboxylic acids is 2. The Kier molecular flexibility index (Phi) is 5.44. The second-order valence-electron chi connectivity index (χ2n) is 7.33. The average molecular weight is 366 g/mol. The van der Waals surface area contributed by atoms with E-state index in [4.69, 9.17) is 5.73 Å². The second-order valence-corrected chi connectivity index (χ2v) is 7.33. The van der Waals surface area contributed by atoms with Crippen molar-refractivity contribution in [1.82, 2.24) is 9.88 Å². The van der Waals surface area contributed by atoms with E-state index in [9.17, 15) is 9.59 Å². The number of anilines is 2. The topological polar surface area (TPSA) is 88.3 Å². The van der Waals surface area contributed by atoms with Crippen molar-refractivity contribution >= 4 is 23.3 Å². The lowest BCUT2D eigenvalue weighted by molar-refractivity contribution is -0.146. The summed E-state index contributed by atoms with van der Waals surface area (Å²) in [4.78, 5) is 31.4. The van der Waals surface area contributed by atoms with Crippen molar-refractivity contribution < 1.29 is 9.59 Å². The van der Waals surface area contributed by atoms with Gasteiger partial charge in [0.25, 0.3) is 0 Å². The highest BCUT2D eigenvalue weighted by Crippen LogP contribution is 2.33. The number of hydrogen-bond acceptors (Lipinski definition) is 4. The maximum absolute atomic E-state index is 13.0. The summed E-state index contributed by atoms with van der Waals surface area (Å²) in [6.45, 7) is 6.37. The van der Waals surface area contributed by atoms with Gasteiger partial charge in [-0.1, -0.05) is 37.3 Å². The number of pyridine rings is 1. The van der Waals surface area contributed by atoms with Crippen molar-refractivity contribution in [1.29, 1.82) is 0 Å². The Morgan fingerprint density at radius 1 is 1.15 bits per heavy atom. The summed E-state index contributed by atoms with van der Waals surface area (Å²) in [5.41, 5.74) is 8.99. The first-order chi connectivity index (χ1) is 12.9. The minimum Gasteiger partial charge on any atom is -0.383 e. The number of likely N-dealkylation sites (tertiary alicyclic amines) is 1. The van der Waals surface area contributed by atoms with E-state index in [2.05, 4.69) is 17.2 Å². The molecule has 2 heterocycles. The van der Waals surface area contributed by atoms with Crippen molar-refractivity contribution in [2.24, 2.45) is 5.92 Å². The highest BCUT2D eigenvalue weighted by Gasteiger charge is 2.34. The van der Waals surface area contributed by atoms with E-state index in [1.54, 1.807) is 4.90 Å². The molecule has 2 atom stereocenters. The van der Waals surface area contributed by atoms with Gasteiger partial charge < -0.3 is 16.0 Å². The third-order valence-electron chi connectivity index (χ3n) is 5.39. The number of piperidine rings is 1. The number of benzene rings is 1. The van der Waals surface area contributed by atoms with E-state index in [1.807, 2.05) is 44.2 Å². The zero-order valence-corrected chi connectivity index (χ0v) is 16.0. The molecule has 0 bridgehead atoms. The minimum absolute atomic E-state index is 0.0759. The Labute approximate surface area is 159 Å². The van der Waals surface area contributed by atoms with E-state index in [0.717, 1.165) is 29.5 Å². The lowest BCUT2D eigenvalue weighted by Crippen LogP contribution is -2.46. The first-order valence-electron chi connectivity index (χ1n) is 9.27. The van der Waals surface area contributed by atoms with Crippen molar-refractivity contribution in [3.63, 3.8) is 0 Å². The number of amides is 2. The molecule has 3 rings (SSSR count). The van der Waals surface area contributed by atoms with Crippen LogP contribution in [-0.2, 0) is 9.59 Å². The molecule has 1 saturated heterocycles. The normalized spacial score (nSPS) is 19.6. The molecular formula is C21H26N4O2. The molecule has 6 nitrogen and oxygen atoms in total. The zero-order chi connectivity index (χ0) is 19.6. The summed E-state index contributed by atoms with van der Waals surface area (Å²) in [6, 6.07) is 9.82. The smallest absolute Gasteiger partial charge is 0.313 e. The van der Waals surface area contributed by atoms with Gasteiger partial charge in [0.2, 0.25) is 0 Å². The van der Waals surface area contributed by atoms with Crippen LogP contribution in [0, 0.1) is 19.8 Å². The quantitative estimate of drug-likeness (QED) is 0.799. The molecule has 1 aliphatic heterocycles. The van der Waals surface area contributed by atoms with E-state index in [0.29, 0.717) is 24.0 Å². The molecule has 0 aliphatic carbocycles. The molecule has 1 fully saturated rings. The molecule has 27 heavy (non-hydrogen) atoms. The Hall–Kier alpha value is -2.89. The summed E-state index contributed by atoms with van der Waals surface area (Å²) < 4.78 is 0. The summed E-state index contributed by atoms with van der Waals surface area (Å²) in [6.07, 6.45) is 3.38. The van der Waals surface area contributed by atoms with E-state index in [-0.39, 0.29) is 6.04 Å². The third-order valence-corrected chi connectivity index (χ3v) is 5.39. The number of nitrogens with one attached hydrogen (secondary N) is 1. The van der Waals surface area contributed by atoms with Crippen molar-refractivity contribution in [3.8, 4) is 0 Å². The van der Waals surface area contributed by atoms with Crippen molar-refractivity contribution in [2.75, 3.05) is 17.6 Å². The fourth-order valence-electron chi connectivity index (χ4n) is 3.55. The van der Waals surface area contributed by atoms with Gasteiger partial charge in [-0.15, -0.1) is 0 Å². The predicted octanol–water partition coefficient (Wildman–Crippen LogP) is 3.22. The van der Waals surface area contributed by atoms with Gasteiger partial charge in [-0.05, 0) is 49.3 Å². The summed E-state index contributed by atoms with van der Waals surface area (Å²) in [5, 5.41) is 2.71. The number of rotatable bonds is 2. The molecule has 6 heteroatoms. The van der Waals surface area contributed by atoms with Gasteiger partial charge >= 0.3 is 11.8 Å². The van der Waals surface area contributed by atoms with Crippen LogP contribution in [0.2, 0.25) is 0 Å². The predicted molar refractivity (Wildman–Crippen MR) is 106 cm³/mol. The standard InChI is InChI=1S/C21H26N4O2/c1-13-9-10-18(16-7-5-4-6-8-16)25(12-13)21(27)20(26)24-17-11-23-19(22)15(3)14(17)2/h4-8,11,13,18H,9-10,12H2,1-3H3,(H2,22,23)(H,24,26). The van der Waals surface area contributed by atoms with Crippen LogP contribution in [0.3, 0.4) is 0 Å². The maximum atomic E-state index is 13.0. The summed E-state index contributed by atoms with van der Waals surface area (Å²) in [7, 11) is 0. The molecule has 2 unspecified atom stereocenters.